The van der Waals surface area contributed by atoms with Gasteiger partial charge in [0.05, 0.1) is 34.6 Å². The fourth-order valence-corrected chi connectivity index (χ4v) is 7.57. The van der Waals surface area contributed by atoms with E-state index in [9.17, 15) is 25.6 Å². The van der Waals surface area contributed by atoms with Gasteiger partial charge in [-0.25, -0.2) is 25.6 Å². The van der Waals surface area contributed by atoms with E-state index in [0.717, 1.165) is 29.2 Å². The summed E-state index contributed by atoms with van der Waals surface area (Å²) in [6.45, 7) is 4.76. The third-order valence-corrected chi connectivity index (χ3v) is 9.59. The Labute approximate surface area is 180 Å². The summed E-state index contributed by atoms with van der Waals surface area (Å²) in [5.41, 5.74) is 2.47. The molecule has 1 aromatic heterocycles. The van der Waals surface area contributed by atoms with E-state index >= 15 is 0 Å². The van der Waals surface area contributed by atoms with Gasteiger partial charge in [0.2, 0.25) is 10.0 Å². The van der Waals surface area contributed by atoms with Gasteiger partial charge in [-0.3, -0.25) is 4.68 Å². The Morgan fingerprint density at radius 3 is 2.35 bits per heavy atom. The van der Waals surface area contributed by atoms with E-state index in [2.05, 4.69) is 5.10 Å². The Balaban J connectivity index is 1.52. The van der Waals surface area contributed by atoms with Crippen LogP contribution in [0.5, 0.6) is 0 Å². The summed E-state index contributed by atoms with van der Waals surface area (Å²) >= 11 is 0. The van der Waals surface area contributed by atoms with Gasteiger partial charge in [-0.2, -0.15) is 9.40 Å². The van der Waals surface area contributed by atoms with Crippen molar-refractivity contribution in [1.82, 2.24) is 14.1 Å². The zero-order valence-corrected chi connectivity index (χ0v) is 18.9. The molecule has 0 saturated carbocycles. The van der Waals surface area contributed by atoms with Crippen molar-refractivity contribution in [2.24, 2.45) is 0 Å². The van der Waals surface area contributed by atoms with Crippen molar-refractivity contribution in [2.75, 3.05) is 42.6 Å². The minimum Gasteiger partial charge on any atom is -0.366 e. The number of anilines is 1. The van der Waals surface area contributed by atoms with Crippen LogP contribution in [0, 0.1) is 25.5 Å². The number of sulfonamides is 1. The summed E-state index contributed by atoms with van der Waals surface area (Å²) in [5, 5.41) is 4.56. The summed E-state index contributed by atoms with van der Waals surface area (Å²) in [5.74, 6) is -1.72. The number of hydrogen-bond acceptors (Lipinski definition) is 6. The zero-order chi connectivity index (χ0) is 22.6. The molecule has 1 unspecified atom stereocenters. The lowest BCUT2D eigenvalue weighted by Gasteiger charge is -2.35. The van der Waals surface area contributed by atoms with Gasteiger partial charge in [-0.05, 0) is 32.4 Å². The highest BCUT2D eigenvalue weighted by molar-refractivity contribution is 7.91. The van der Waals surface area contributed by atoms with Crippen LogP contribution in [0.15, 0.2) is 23.1 Å². The van der Waals surface area contributed by atoms with E-state index in [4.69, 9.17) is 0 Å². The molecule has 1 atom stereocenters. The Morgan fingerprint density at radius 2 is 1.77 bits per heavy atom. The smallest absolute Gasteiger partial charge is 0.246 e. The van der Waals surface area contributed by atoms with Crippen LogP contribution in [0.3, 0.4) is 0 Å². The van der Waals surface area contributed by atoms with Crippen LogP contribution in [0.4, 0.5) is 14.5 Å². The first-order valence-electron chi connectivity index (χ1n) is 9.96. The van der Waals surface area contributed by atoms with Crippen LogP contribution in [0.1, 0.15) is 23.9 Å². The second-order valence-corrected chi connectivity index (χ2v) is 12.1. The standard InChI is InChI=1S/C19H24F2N4O4S2/c1-13-19(14(2)25(22-13)16-5-10-30(26,27)12-16)23-6-8-24(9-7-23)31(28,29)18-4-3-15(20)11-17(18)21/h3-4,11,16H,5-10,12H2,1-2H3. The van der Waals surface area contributed by atoms with Crippen molar-refractivity contribution in [3.63, 3.8) is 0 Å². The summed E-state index contributed by atoms with van der Waals surface area (Å²) in [7, 11) is -7.13. The number of benzene rings is 1. The van der Waals surface area contributed by atoms with Crippen LogP contribution in [0.2, 0.25) is 0 Å². The second kappa shape index (κ2) is 7.82. The van der Waals surface area contributed by atoms with Gasteiger partial charge >= 0.3 is 0 Å². The maximum atomic E-state index is 14.0. The van der Waals surface area contributed by atoms with Crippen LogP contribution < -0.4 is 4.90 Å². The lowest BCUT2D eigenvalue weighted by Crippen LogP contribution is -2.49. The van der Waals surface area contributed by atoms with Gasteiger partial charge < -0.3 is 4.90 Å². The van der Waals surface area contributed by atoms with Gasteiger partial charge in [0.15, 0.2) is 9.84 Å². The Bertz CT molecular complexity index is 1220. The molecule has 170 valence electrons. The highest BCUT2D eigenvalue weighted by Gasteiger charge is 2.35. The molecule has 1 aromatic carbocycles. The average molecular weight is 475 g/mol. The van der Waals surface area contributed by atoms with Crippen molar-refractivity contribution >= 4 is 25.5 Å². The van der Waals surface area contributed by atoms with Crippen molar-refractivity contribution in [3.8, 4) is 0 Å². The Hall–Kier alpha value is -2.05. The van der Waals surface area contributed by atoms with Crippen molar-refractivity contribution in [1.29, 1.82) is 0 Å². The van der Waals surface area contributed by atoms with Gasteiger partial charge in [-0.1, -0.05) is 0 Å². The normalized spacial score (nSPS) is 22.2. The third-order valence-electron chi connectivity index (χ3n) is 5.91. The summed E-state index contributed by atoms with van der Waals surface area (Å²) in [4.78, 5) is 1.48. The lowest BCUT2D eigenvalue weighted by molar-refractivity contribution is 0.381. The minimum absolute atomic E-state index is 0.0731. The number of aromatic nitrogens is 2. The molecule has 0 aliphatic carbocycles. The predicted molar refractivity (Wildman–Crippen MR) is 111 cm³/mol. The number of sulfone groups is 1. The maximum Gasteiger partial charge on any atom is 0.246 e. The number of rotatable bonds is 4. The molecule has 12 heteroatoms. The van der Waals surface area contributed by atoms with E-state index in [1.807, 2.05) is 18.7 Å². The average Bonchev–Trinajstić information content (AvgIpc) is 3.19. The van der Waals surface area contributed by atoms with Crippen LogP contribution >= 0.6 is 0 Å². The largest absolute Gasteiger partial charge is 0.366 e. The quantitative estimate of drug-likeness (QED) is 0.669. The van der Waals surface area contributed by atoms with Crippen molar-refractivity contribution in [3.05, 3.63) is 41.2 Å². The molecule has 2 fully saturated rings. The van der Waals surface area contributed by atoms with E-state index < -0.39 is 36.4 Å². The number of nitrogens with zero attached hydrogens (tertiary/aromatic N) is 4. The molecule has 0 amide bonds. The van der Waals surface area contributed by atoms with Gasteiger partial charge in [0.25, 0.3) is 0 Å². The first-order valence-corrected chi connectivity index (χ1v) is 13.2. The van der Waals surface area contributed by atoms with Gasteiger partial charge in [0, 0.05) is 32.2 Å². The van der Waals surface area contributed by atoms with Crippen molar-refractivity contribution in [2.45, 2.75) is 31.2 Å². The van der Waals surface area contributed by atoms with Crippen LogP contribution in [0.25, 0.3) is 0 Å². The molecule has 8 nitrogen and oxygen atoms in total. The SMILES string of the molecule is Cc1nn(C2CCS(=O)(=O)C2)c(C)c1N1CCN(S(=O)(=O)c2ccc(F)cc2F)CC1. The first-order chi connectivity index (χ1) is 14.5. The number of piperazine rings is 1. The van der Waals surface area contributed by atoms with E-state index in [-0.39, 0.29) is 30.6 Å². The van der Waals surface area contributed by atoms with E-state index in [0.29, 0.717) is 25.6 Å². The molecule has 0 bridgehead atoms. The van der Waals surface area contributed by atoms with Gasteiger partial charge in [0.1, 0.15) is 16.5 Å². The zero-order valence-electron chi connectivity index (χ0n) is 17.3. The minimum atomic E-state index is -4.08. The van der Waals surface area contributed by atoms with E-state index in [1.54, 1.807) is 4.68 Å². The van der Waals surface area contributed by atoms with Crippen LogP contribution in [-0.4, -0.2) is 68.6 Å². The molecule has 3 heterocycles. The number of halogens is 2. The second-order valence-electron chi connectivity index (χ2n) is 7.99. The molecule has 0 spiro atoms. The van der Waals surface area contributed by atoms with Gasteiger partial charge in [-0.15, -0.1) is 0 Å². The van der Waals surface area contributed by atoms with E-state index in [1.165, 1.54) is 4.31 Å². The fraction of sp³-hybridized carbons (Fsp3) is 0.526. The summed E-state index contributed by atoms with van der Waals surface area (Å²) < 4.78 is 79.5. The molecular formula is C19H24F2N4O4S2. The topological polar surface area (TPSA) is 92.6 Å². The number of aryl methyl sites for hydroxylation is 1. The first kappa shape index (κ1) is 22.2. The molecule has 0 radical (unpaired) electrons. The molecular weight excluding hydrogens is 450 g/mol. The molecule has 2 aliphatic heterocycles. The molecule has 2 saturated heterocycles. The lowest BCUT2D eigenvalue weighted by atomic mass is 10.2. The predicted octanol–water partition coefficient (Wildman–Crippen LogP) is 1.65. The monoisotopic (exact) mass is 474 g/mol. The van der Waals surface area contributed by atoms with Crippen LogP contribution in [-0.2, 0) is 19.9 Å². The fourth-order valence-electron chi connectivity index (χ4n) is 4.41. The molecule has 2 aromatic rings. The Kier molecular flexibility index (Phi) is 5.59. The summed E-state index contributed by atoms with van der Waals surface area (Å²) in [6, 6.07) is 2.24. The third kappa shape index (κ3) is 4.08. The molecule has 2 aliphatic rings. The Morgan fingerprint density at radius 1 is 1.10 bits per heavy atom. The van der Waals surface area contributed by atoms with Crippen molar-refractivity contribution < 1.29 is 25.6 Å². The highest BCUT2D eigenvalue weighted by Crippen LogP contribution is 2.32. The molecule has 4 rings (SSSR count). The molecule has 0 N–H and O–H groups in total. The highest BCUT2D eigenvalue weighted by atomic mass is 32.2. The molecule has 31 heavy (non-hydrogen) atoms. The summed E-state index contributed by atoms with van der Waals surface area (Å²) in [6.07, 6.45) is 0.527. The maximum absolute atomic E-state index is 14.0. The number of hydrogen-bond donors (Lipinski definition) is 0.